The highest BCUT2D eigenvalue weighted by atomic mass is 16.5. The highest BCUT2D eigenvalue weighted by Gasteiger charge is 2.18. The van der Waals surface area contributed by atoms with E-state index < -0.39 is 0 Å². The Kier molecular flexibility index (Phi) is 12.0. The SMILES string of the molecule is N=C(OCc1ccc(-c2ccccc2-c2ccccc2-c2ccc(-n3c4ccc(C5=CC=CCC(c6ccccc6)=C5)cc4c4cc(-c5cccc(-c6ccccc6)c5)ccc43)cc2)cc1)c1ccccc1. The van der Waals surface area contributed by atoms with Gasteiger partial charge in [-0.2, -0.15) is 0 Å². The van der Waals surface area contributed by atoms with E-state index in [1.807, 2.05) is 30.3 Å². The Bertz CT molecular complexity index is 3860. The monoisotopic (exact) mass is 922 g/mol. The van der Waals surface area contributed by atoms with Crippen molar-refractivity contribution >= 4 is 38.8 Å². The van der Waals surface area contributed by atoms with Crippen molar-refractivity contribution in [3.63, 3.8) is 0 Å². The third kappa shape index (κ3) is 8.81. The van der Waals surface area contributed by atoms with E-state index >= 15 is 0 Å². The maximum absolute atomic E-state index is 8.39. The van der Waals surface area contributed by atoms with Gasteiger partial charge in [-0.3, -0.25) is 5.41 Å². The maximum Gasteiger partial charge on any atom is 0.213 e. The van der Waals surface area contributed by atoms with Crippen molar-refractivity contribution in [1.82, 2.24) is 4.57 Å². The molecule has 0 amide bonds. The fraction of sp³-hybridized carbons (Fsp3) is 0.0290. The fourth-order valence-corrected chi connectivity index (χ4v) is 10.2. The summed E-state index contributed by atoms with van der Waals surface area (Å²) >= 11 is 0. The summed E-state index contributed by atoms with van der Waals surface area (Å²) in [6.07, 6.45) is 9.95. The van der Waals surface area contributed by atoms with Crippen molar-refractivity contribution in [2.24, 2.45) is 0 Å². The summed E-state index contributed by atoms with van der Waals surface area (Å²) in [5.41, 5.74) is 21.9. The second-order valence-corrected chi connectivity index (χ2v) is 18.4. The van der Waals surface area contributed by atoms with E-state index in [2.05, 4.69) is 247 Å². The van der Waals surface area contributed by atoms with Crippen LogP contribution in [0.2, 0.25) is 0 Å². The molecule has 0 saturated carbocycles. The summed E-state index contributed by atoms with van der Waals surface area (Å²) in [4.78, 5) is 0. The molecule has 72 heavy (non-hydrogen) atoms. The molecule has 0 fully saturated rings. The Morgan fingerprint density at radius 2 is 0.903 bits per heavy atom. The van der Waals surface area contributed by atoms with Gasteiger partial charge in [0.15, 0.2) is 0 Å². The molecule has 0 aliphatic heterocycles. The number of ether oxygens (including phenoxy) is 1. The summed E-state index contributed by atoms with van der Waals surface area (Å²) in [5.74, 6) is 0.172. The largest absolute Gasteiger partial charge is 0.473 e. The lowest BCUT2D eigenvalue weighted by molar-refractivity contribution is 0.291. The Hall–Kier alpha value is -9.31. The van der Waals surface area contributed by atoms with E-state index in [1.165, 1.54) is 72.0 Å². The van der Waals surface area contributed by atoms with Gasteiger partial charge in [0.1, 0.15) is 6.61 Å². The number of rotatable bonds is 11. The predicted octanol–water partition coefficient (Wildman–Crippen LogP) is 18.1. The molecule has 12 rings (SSSR count). The van der Waals surface area contributed by atoms with Gasteiger partial charge in [0, 0.05) is 22.0 Å². The average molecular weight is 923 g/mol. The van der Waals surface area contributed by atoms with E-state index in [-0.39, 0.29) is 5.90 Å². The van der Waals surface area contributed by atoms with E-state index in [4.69, 9.17) is 10.1 Å². The van der Waals surface area contributed by atoms with Gasteiger partial charge < -0.3 is 9.30 Å². The van der Waals surface area contributed by atoms with E-state index in [9.17, 15) is 0 Å². The molecule has 1 aliphatic carbocycles. The van der Waals surface area contributed by atoms with Crippen LogP contribution in [-0.2, 0) is 11.3 Å². The maximum atomic E-state index is 8.39. The Balaban J connectivity index is 0.906. The summed E-state index contributed by atoms with van der Waals surface area (Å²) in [5, 5.41) is 10.8. The van der Waals surface area contributed by atoms with Crippen LogP contribution in [0.5, 0.6) is 0 Å². The van der Waals surface area contributed by atoms with Gasteiger partial charge >= 0.3 is 0 Å². The molecule has 0 unspecified atom stereocenters. The normalized spacial score (nSPS) is 12.3. The second kappa shape index (κ2) is 19.6. The molecule has 0 spiro atoms. The standard InChI is InChI=1S/C69H50N2O/c70-69(53-21-8-3-9-22-53)72-47-48-31-33-51(34-32-48)61-27-12-14-29-63(61)64-30-15-13-28-62(64)52-35-39-60(40-36-52)71-67-41-37-58(56-24-11-10-23-54(43-56)49-17-4-1-5-18-49)45-65(67)66-46-59(38-42-68(66)71)57-26-16-25-55(44-57)50-19-6-2-7-20-50/h1-22,24-46,70H,23,47H2. The minimum Gasteiger partial charge on any atom is -0.473 e. The van der Waals surface area contributed by atoms with Crippen LogP contribution in [0, 0.1) is 5.41 Å². The molecular formula is C69H50N2O. The van der Waals surface area contributed by atoms with Gasteiger partial charge in [0.25, 0.3) is 0 Å². The number of hydrogen-bond acceptors (Lipinski definition) is 2. The van der Waals surface area contributed by atoms with Gasteiger partial charge in [-0.1, -0.05) is 218 Å². The number of hydrogen-bond donors (Lipinski definition) is 1. The molecule has 342 valence electrons. The van der Waals surface area contributed by atoms with Gasteiger partial charge in [0.2, 0.25) is 5.90 Å². The van der Waals surface area contributed by atoms with Gasteiger partial charge in [0.05, 0.1) is 11.0 Å². The average Bonchev–Trinajstić information content (AvgIpc) is 3.57. The first-order valence-electron chi connectivity index (χ1n) is 24.6. The minimum absolute atomic E-state index is 0.172. The molecule has 0 radical (unpaired) electrons. The highest BCUT2D eigenvalue weighted by Crippen LogP contribution is 2.41. The summed E-state index contributed by atoms with van der Waals surface area (Å²) in [7, 11) is 0. The number of allylic oxidation sites excluding steroid dienone is 6. The molecule has 0 saturated heterocycles. The van der Waals surface area contributed by atoms with Crippen LogP contribution in [0.1, 0.15) is 28.7 Å². The first-order valence-corrected chi connectivity index (χ1v) is 24.6. The number of fused-ring (bicyclic) bond motifs is 3. The molecule has 1 aliphatic rings. The smallest absolute Gasteiger partial charge is 0.213 e. The van der Waals surface area contributed by atoms with Crippen molar-refractivity contribution < 1.29 is 4.74 Å². The molecule has 11 aromatic rings. The Morgan fingerprint density at radius 1 is 0.417 bits per heavy atom. The molecule has 1 N–H and O–H groups in total. The van der Waals surface area contributed by atoms with Crippen LogP contribution < -0.4 is 0 Å². The summed E-state index contributed by atoms with van der Waals surface area (Å²) in [6.45, 7) is 0.332. The summed E-state index contributed by atoms with van der Waals surface area (Å²) in [6, 6.07) is 88.7. The Morgan fingerprint density at radius 3 is 1.54 bits per heavy atom. The van der Waals surface area contributed by atoms with Crippen molar-refractivity contribution in [3.05, 3.63) is 295 Å². The van der Waals surface area contributed by atoms with Gasteiger partial charge in [-0.15, -0.1) is 0 Å². The first kappa shape index (κ1) is 43.9. The molecule has 1 aromatic heterocycles. The zero-order valence-electron chi connectivity index (χ0n) is 39.8. The summed E-state index contributed by atoms with van der Waals surface area (Å²) < 4.78 is 8.28. The van der Waals surface area contributed by atoms with E-state index in [1.54, 1.807) is 0 Å². The third-order valence-electron chi connectivity index (χ3n) is 13.9. The van der Waals surface area contributed by atoms with Crippen molar-refractivity contribution in [3.8, 4) is 61.3 Å². The molecule has 10 aromatic carbocycles. The lowest BCUT2D eigenvalue weighted by Gasteiger charge is -2.16. The van der Waals surface area contributed by atoms with Crippen molar-refractivity contribution in [2.75, 3.05) is 0 Å². The van der Waals surface area contributed by atoms with Gasteiger partial charge in [-0.05, 0) is 144 Å². The van der Waals surface area contributed by atoms with E-state index in [0.29, 0.717) is 6.61 Å². The lowest BCUT2D eigenvalue weighted by atomic mass is 9.89. The van der Waals surface area contributed by atoms with Crippen LogP contribution in [0.15, 0.2) is 273 Å². The van der Waals surface area contributed by atoms with Crippen LogP contribution >= 0.6 is 0 Å². The molecule has 3 heteroatoms. The fourth-order valence-electron chi connectivity index (χ4n) is 10.2. The quantitative estimate of drug-likeness (QED) is 0.102. The molecule has 3 nitrogen and oxygen atoms in total. The first-order chi connectivity index (χ1) is 35.6. The third-order valence-corrected chi connectivity index (χ3v) is 13.9. The van der Waals surface area contributed by atoms with Crippen LogP contribution in [0.3, 0.4) is 0 Å². The molecule has 1 heterocycles. The Labute approximate surface area is 421 Å². The number of aromatic nitrogens is 1. The lowest BCUT2D eigenvalue weighted by Crippen LogP contribution is -2.04. The van der Waals surface area contributed by atoms with Crippen LogP contribution in [0.4, 0.5) is 0 Å². The molecule has 0 bridgehead atoms. The topological polar surface area (TPSA) is 38.0 Å². The highest BCUT2D eigenvalue weighted by molar-refractivity contribution is 6.12. The van der Waals surface area contributed by atoms with Gasteiger partial charge in [-0.25, -0.2) is 0 Å². The predicted molar refractivity (Wildman–Crippen MR) is 302 cm³/mol. The molecule has 0 atom stereocenters. The number of nitrogens with one attached hydrogen (secondary N) is 1. The number of benzene rings is 10. The zero-order chi connectivity index (χ0) is 48.2. The zero-order valence-corrected chi connectivity index (χ0v) is 39.8. The van der Waals surface area contributed by atoms with Crippen molar-refractivity contribution in [1.29, 1.82) is 5.41 Å². The van der Waals surface area contributed by atoms with Crippen LogP contribution in [-0.4, -0.2) is 10.5 Å². The van der Waals surface area contributed by atoms with Crippen molar-refractivity contribution in [2.45, 2.75) is 13.0 Å². The second-order valence-electron chi connectivity index (χ2n) is 18.4. The molecular weight excluding hydrogens is 873 g/mol. The number of nitrogens with zero attached hydrogens (tertiary/aromatic N) is 1. The van der Waals surface area contributed by atoms with Crippen LogP contribution in [0.25, 0.3) is 94.3 Å². The van der Waals surface area contributed by atoms with E-state index in [0.717, 1.165) is 51.0 Å². The minimum atomic E-state index is 0.172.